The van der Waals surface area contributed by atoms with Gasteiger partial charge in [0.05, 0.1) is 6.61 Å². The molecular formula is C24H35N5O2. The summed E-state index contributed by atoms with van der Waals surface area (Å²) in [4.78, 5) is 11.5. The van der Waals surface area contributed by atoms with Crippen molar-refractivity contribution in [1.29, 1.82) is 0 Å². The zero-order valence-electron chi connectivity index (χ0n) is 18.6. The molecule has 1 aromatic carbocycles. The molecule has 2 N–H and O–H groups in total. The van der Waals surface area contributed by atoms with E-state index in [-0.39, 0.29) is 0 Å². The molecule has 0 radical (unpaired) electrons. The van der Waals surface area contributed by atoms with Gasteiger partial charge in [0, 0.05) is 44.3 Å². The number of nitrogens with zero attached hydrogens (tertiary/aromatic N) is 3. The van der Waals surface area contributed by atoms with Crippen LogP contribution in [0.1, 0.15) is 37.7 Å². The highest BCUT2D eigenvalue weighted by molar-refractivity contribution is 5.61. The lowest BCUT2D eigenvalue weighted by Crippen LogP contribution is -2.23. The van der Waals surface area contributed by atoms with Crippen LogP contribution in [-0.2, 0) is 4.74 Å². The van der Waals surface area contributed by atoms with E-state index in [0.717, 1.165) is 75.0 Å². The third kappa shape index (κ3) is 6.80. The Bertz CT molecular complexity index is 819. The van der Waals surface area contributed by atoms with Gasteiger partial charge in [0.15, 0.2) is 0 Å². The summed E-state index contributed by atoms with van der Waals surface area (Å²) in [5, 5.41) is 6.80. The van der Waals surface area contributed by atoms with Gasteiger partial charge in [-0.05, 0) is 75.7 Å². The summed E-state index contributed by atoms with van der Waals surface area (Å²) in [6, 6.07) is 8.06. The number of ether oxygens (including phenoxy) is 2. The first-order valence-electron chi connectivity index (χ1n) is 11.6. The molecule has 31 heavy (non-hydrogen) atoms. The fourth-order valence-corrected chi connectivity index (χ4v) is 4.15. The van der Waals surface area contributed by atoms with Gasteiger partial charge in [0.1, 0.15) is 11.6 Å². The molecule has 4 rings (SSSR count). The summed E-state index contributed by atoms with van der Waals surface area (Å²) in [5.74, 6) is 2.95. The number of likely N-dealkylation sites (tertiary alicyclic amines) is 1. The first kappa shape index (κ1) is 21.8. The van der Waals surface area contributed by atoms with Crippen LogP contribution in [0.5, 0.6) is 5.75 Å². The number of hydrogen-bond acceptors (Lipinski definition) is 7. The zero-order valence-corrected chi connectivity index (χ0v) is 18.6. The number of aromatic nitrogens is 2. The van der Waals surface area contributed by atoms with E-state index in [2.05, 4.69) is 38.5 Å². The highest BCUT2D eigenvalue weighted by Crippen LogP contribution is 2.25. The molecule has 2 aliphatic rings. The van der Waals surface area contributed by atoms with Crippen molar-refractivity contribution in [1.82, 2.24) is 14.9 Å². The molecule has 168 valence electrons. The van der Waals surface area contributed by atoms with Crippen LogP contribution in [0.2, 0.25) is 0 Å². The summed E-state index contributed by atoms with van der Waals surface area (Å²) in [6.07, 6.45) is 7.72. The van der Waals surface area contributed by atoms with E-state index >= 15 is 0 Å². The molecule has 1 aromatic heterocycles. The van der Waals surface area contributed by atoms with E-state index in [9.17, 15) is 0 Å². The maximum Gasteiger partial charge on any atom is 0.229 e. The quantitative estimate of drug-likeness (QED) is 0.552. The number of nitrogens with one attached hydrogen (secondary N) is 2. The number of aryl methyl sites for hydroxylation is 1. The van der Waals surface area contributed by atoms with Gasteiger partial charge >= 0.3 is 0 Å². The average molecular weight is 426 g/mol. The van der Waals surface area contributed by atoms with Crippen molar-refractivity contribution >= 4 is 17.5 Å². The van der Waals surface area contributed by atoms with E-state index in [1.54, 1.807) is 6.20 Å². The van der Waals surface area contributed by atoms with Crippen molar-refractivity contribution in [3.05, 3.63) is 36.0 Å². The second-order valence-electron chi connectivity index (χ2n) is 8.55. The molecule has 2 aromatic rings. The third-order valence-electron chi connectivity index (χ3n) is 6.11. The monoisotopic (exact) mass is 425 g/mol. The van der Waals surface area contributed by atoms with Crippen LogP contribution in [0, 0.1) is 12.8 Å². The topological polar surface area (TPSA) is 71.5 Å². The van der Waals surface area contributed by atoms with Crippen LogP contribution in [0.4, 0.5) is 17.5 Å². The second-order valence-corrected chi connectivity index (χ2v) is 8.55. The van der Waals surface area contributed by atoms with Crippen LogP contribution in [0.3, 0.4) is 0 Å². The molecule has 0 aliphatic carbocycles. The number of benzene rings is 1. The number of anilines is 3. The zero-order chi connectivity index (χ0) is 21.3. The van der Waals surface area contributed by atoms with Gasteiger partial charge in [-0.25, -0.2) is 4.98 Å². The van der Waals surface area contributed by atoms with Gasteiger partial charge in [-0.15, -0.1) is 0 Å². The smallest absolute Gasteiger partial charge is 0.229 e. The van der Waals surface area contributed by atoms with Gasteiger partial charge in [-0.3, -0.25) is 0 Å². The highest BCUT2D eigenvalue weighted by Gasteiger charge is 2.14. The van der Waals surface area contributed by atoms with Crippen LogP contribution >= 0.6 is 0 Å². The summed E-state index contributed by atoms with van der Waals surface area (Å²) >= 11 is 0. The minimum absolute atomic E-state index is 0.589. The standard InChI is InChI=1S/C24H35N5O2/c1-19-5-6-21(31-14-4-13-29-11-2-3-12-29)17-22(19)27-24-25-10-7-23(28-24)26-18-20-8-15-30-16-9-20/h5-7,10,17,20H,2-4,8-9,11-16,18H2,1H3,(H2,25,26,27,28). The summed E-state index contributed by atoms with van der Waals surface area (Å²) < 4.78 is 11.4. The van der Waals surface area contributed by atoms with Crippen molar-refractivity contribution < 1.29 is 9.47 Å². The van der Waals surface area contributed by atoms with Crippen LogP contribution in [0.25, 0.3) is 0 Å². The summed E-state index contributed by atoms with van der Waals surface area (Å²) in [6.45, 7) is 9.05. The minimum atomic E-state index is 0.589. The SMILES string of the molecule is Cc1ccc(OCCCN2CCCC2)cc1Nc1nccc(NCC2CCOCC2)n1. The molecule has 2 fully saturated rings. The van der Waals surface area contributed by atoms with Crippen molar-refractivity contribution in [2.45, 2.75) is 39.0 Å². The maximum atomic E-state index is 6.00. The Morgan fingerprint density at radius 3 is 2.84 bits per heavy atom. The number of hydrogen-bond donors (Lipinski definition) is 2. The predicted molar refractivity (Wildman–Crippen MR) is 124 cm³/mol. The summed E-state index contributed by atoms with van der Waals surface area (Å²) in [5.41, 5.74) is 2.10. The van der Waals surface area contributed by atoms with Gasteiger partial charge in [0.25, 0.3) is 0 Å². The van der Waals surface area contributed by atoms with Crippen molar-refractivity contribution in [3.63, 3.8) is 0 Å². The fraction of sp³-hybridized carbons (Fsp3) is 0.583. The molecule has 0 spiro atoms. The fourth-order valence-electron chi connectivity index (χ4n) is 4.15. The molecule has 2 saturated heterocycles. The molecule has 7 heteroatoms. The first-order valence-corrected chi connectivity index (χ1v) is 11.6. The predicted octanol–water partition coefficient (Wildman–Crippen LogP) is 4.23. The Labute approximate surface area is 185 Å². The van der Waals surface area contributed by atoms with Gasteiger partial charge in [0.2, 0.25) is 5.95 Å². The average Bonchev–Trinajstić information content (AvgIpc) is 3.32. The van der Waals surface area contributed by atoms with Gasteiger partial charge < -0.3 is 25.0 Å². The van der Waals surface area contributed by atoms with E-state index in [1.807, 2.05) is 18.2 Å². The Morgan fingerprint density at radius 1 is 1.16 bits per heavy atom. The Morgan fingerprint density at radius 2 is 2.00 bits per heavy atom. The molecule has 0 unspecified atom stereocenters. The van der Waals surface area contributed by atoms with Crippen molar-refractivity contribution in [2.75, 3.05) is 56.6 Å². The molecule has 0 amide bonds. The molecule has 0 saturated carbocycles. The Balaban J connectivity index is 1.29. The highest BCUT2D eigenvalue weighted by atomic mass is 16.5. The third-order valence-corrected chi connectivity index (χ3v) is 6.11. The molecular weight excluding hydrogens is 390 g/mol. The van der Waals surface area contributed by atoms with Crippen LogP contribution < -0.4 is 15.4 Å². The lowest BCUT2D eigenvalue weighted by molar-refractivity contribution is 0.0699. The molecule has 0 bridgehead atoms. The Kier molecular flexibility index (Phi) is 7.96. The van der Waals surface area contributed by atoms with E-state index in [0.29, 0.717) is 11.9 Å². The van der Waals surface area contributed by atoms with Crippen LogP contribution in [0.15, 0.2) is 30.5 Å². The molecule has 2 aliphatic heterocycles. The van der Waals surface area contributed by atoms with E-state index < -0.39 is 0 Å². The first-order chi connectivity index (χ1) is 15.3. The summed E-state index contributed by atoms with van der Waals surface area (Å²) in [7, 11) is 0. The number of rotatable bonds is 10. The van der Waals surface area contributed by atoms with Crippen molar-refractivity contribution in [3.8, 4) is 5.75 Å². The largest absolute Gasteiger partial charge is 0.493 e. The van der Waals surface area contributed by atoms with E-state index in [4.69, 9.17) is 9.47 Å². The lowest BCUT2D eigenvalue weighted by Gasteiger charge is -2.22. The lowest BCUT2D eigenvalue weighted by atomic mass is 10.0. The Hall–Kier alpha value is -2.38. The molecule has 7 nitrogen and oxygen atoms in total. The van der Waals surface area contributed by atoms with Crippen LogP contribution in [-0.4, -0.2) is 60.9 Å². The normalized spacial score (nSPS) is 17.6. The maximum absolute atomic E-state index is 6.00. The van der Waals surface area contributed by atoms with Gasteiger partial charge in [-0.1, -0.05) is 6.07 Å². The van der Waals surface area contributed by atoms with E-state index in [1.165, 1.54) is 25.9 Å². The molecule has 3 heterocycles. The minimum Gasteiger partial charge on any atom is -0.493 e. The molecule has 0 atom stereocenters. The second kappa shape index (κ2) is 11.3. The van der Waals surface area contributed by atoms with Gasteiger partial charge in [-0.2, -0.15) is 4.98 Å². The van der Waals surface area contributed by atoms with Crippen molar-refractivity contribution in [2.24, 2.45) is 5.92 Å².